The quantitative estimate of drug-likeness (QED) is 0.745. The average Bonchev–Trinajstić information content (AvgIpc) is 2.48. The van der Waals surface area contributed by atoms with E-state index in [0.29, 0.717) is 5.82 Å². The third-order valence-electron chi connectivity index (χ3n) is 3.36. The number of fused-ring (bicyclic) bond motifs is 1. The van der Waals surface area contributed by atoms with E-state index in [2.05, 4.69) is 9.97 Å². The number of nitrogen functional groups attached to an aromatic ring is 1. The minimum atomic E-state index is -0.369. The molecule has 0 spiro atoms. The summed E-state index contributed by atoms with van der Waals surface area (Å²) in [7, 11) is 0. The van der Waals surface area contributed by atoms with Crippen molar-refractivity contribution in [1.82, 2.24) is 9.97 Å². The molecule has 3 aromatic rings. The Balaban J connectivity index is 2.07. The van der Waals surface area contributed by atoms with Crippen molar-refractivity contribution in [2.24, 2.45) is 5.73 Å². The molecule has 0 saturated carbocycles. The molecule has 1 atom stereocenters. The Bertz CT molecular complexity index is 767. The first-order valence-corrected chi connectivity index (χ1v) is 6.48. The van der Waals surface area contributed by atoms with Crippen LogP contribution in [0.3, 0.4) is 0 Å². The van der Waals surface area contributed by atoms with Gasteiger partial charge in [0.1, 0.15) is 5.82 Å². The molecule has 1 unspecified atom stereocenters. The maximum absolute atomic E-state index is 6.29. The molecule has 0 fully saturated rings. The first-order chi connectivity index (χ1) is 9.65. The third-order valence-corrected chi connectivity index (χ3v) is 3.36. The van der Waals surface area contributed by atoms with Crippen LogP contribution in [-0.2, 0) is 0 Å². The number of hydrogen-bond donors (Lipinski definition) is 2. The van der Waals surface area contributed by atoms with E-state index in [1.165, 1.54) is 0 Å². The van der Waals surface area contributed by atoms with E-state index in [9.17, 15) is 0 Å². The van der Waals surface area contributed by atoms with E-state index >= 15 is 0 Å². The Morgan fingerprint density at radius 3 is 2.75 bits per heavy atom. The largest absolute Gasteiger partial charge is 0.383 e. The van der Waals surface area contributed by atoms with Gasteiger partial charge in [0.15, 0.2) is 0 Å². The predicted octanol–water partition coefficient (Wildman–Crippen LogP) is 2.57. The lowest BCUT2D eigenvalue weighted by molar-refractivity contribution is 0.831. The number of pyridine rings is 2. The van der Waals surface area contributed by atoms with Gasteiger partial charge in [-0.3, -0.25) is 4.98 Å². The first-order valence-electron chi connectivity index (χ1n) is 6.48. The van der Waals surface area contributed by atoms with E-state index in [1.807, 2.05) is 49.4 Å². The highest BCUT2D eigenvalue weighted by molar-refractivity contribution is 5.78. The monoisotopic (exact) mass is 264 g/mol. The van der Waals surface area contributed by atoms with Crippen molar-refractivity contribution in [2.45, 2.75) is 13.0 Å². The fourth-order valence-corrected chi connectivity index (χ4v) is 2.27. The highest BCUT2D eigenvalue weighted by Gasteiger charge is 2.14. The molecule has 0 aliphatic heterocycles. The van der Waals surface area contributed by atoms with Gasteiger partial charge in [0.2, 0.25) is 0 Å². The molecule has 100 valence electrons. The van der Waals surface area contributed by atoms with Crippen LogP contribution in [0.5, 0.6) is 0 Å². The molecule has 4 heteroatoms. The number of anilines is 1. The Hall–Kier alpha value is -2.46. The van der Waals surface area contributed by atoms with E-state index in [4.69, 9.17) is 11.5 Å². The summed E-state index contributed by atoms with van der Waals surface area (Å²) < 4.78 is 0. The Labute approximate surface area is 117 Å². The zero-order valence-corrected chi connectivity index (χ0v) is 11.2. The molecular weight excluding hydrogens is 248 g/mol. The number of aryl methyl sites for hydroxylation is 1. The normalized spacial score (nSPS) is 12.5. The van der Waals surface area contributed by atoms with E-state index in [1.54, 1.807) is 6.20 Å². The maximum atomic E-state index is 6.29. The van der Waals surface area contributed by atoms with Crippen LogP contribution in [0.25, 0.3) is 10.9 Å². The second-order valence-corrected chi connectivity index (χ2v) is 4.89. The highest BCUT2D eigenvalue weighted by Crippen LogP contribution is 2.24. The van der Waals surface area contributed by atoms with Crippen molar-refractivity contribution in [2.75, 3.05) is 5.73 Å². The van der Waals surface area contributed by atoms with Crippen molar-refractivity contribution in [3.63, 3.8) is 0 Å². The minimum Gasteiger partial charge on any atom is -0.383 e. The zero-order chi connectivity index (χ0) is 14.1. The molecule has 20 heavy (non-hydrogen) atoms. The molecule has 0 bridgehead atoms. The molecule has 0 aliphatic rings. The van der Waals surface area contributed by atoms with Crippen LogP contribution in [0, 0.1) is 6.92 Å². The first kappa shape index (κ1) is 12.6. The Morgan fingerprint density at radius 2 is 1.90 bits per heavy atom. The molecule has 2 heterocycles. The molecule has 4 N–H and O–H groups in total. The zero-order valence-electron chi connectivity index (χ0n) is 11.2. The summed E-state index contributed by atoms with van der Waals surface area (Å²) >= 11 is 0. The van der Waals surface area contributed by atoms with Crippen LogP contribution in [0.2, 0.25) is 0 Å². The van der Waals surface area contributed by atoms with Gasteiger partial charge in [0, 0.05) is 17.1 Å². The average molecular weight is 264 g/mol. The van der Waals surface area contributed by atoms with Crippen LogP contribution >= 0.6 is 0 Å². The summed E-state index contributed by atoms with van der Waals surface area (Å²) in [6, 6.07) is 13.5. The van der Waals surface area contributed by atoms with Gasteiger partial charge in [0.05, 0.1) is 17.3 Å². The summed E-state index contributed by atoms with van der Waals surface area (Å²) in [6.07, 6.45) is 1.74. The SMILES string of the molecule is Cc1cnc(N)c(C(N)c2ccc3ccccc3n2)c1. The second-order valence-electron chi connectivity index (χ2n) is 4.89. The molecule has 0 aliphatic carbocycles. The number of nitrogens with zero attached hydrogens (tertiary/aromatic N) is 2. The minimum absolute atomic E-state index is 0.369. The van der Waals surface area contributed by atoms with E-state index < -0.39 is 0 Å². The van der Waals surface area contributed by atoms with Crippen LogP contribution in [0.1, 0.15) is 22.9 Å². The summed E-state index contributed by atoms with van der Waals surface area (Å²) in [5, 5.41) is 1.10. The number of rotatable bonds is 2. The molecule has 0 amide bonds. The van der Waals surface area contributed by atoms with Crippen molar-refractivity contribution in [1.29, 1.82) is 0 Å². The summed E-state index contributed by atoms with van der Waals surface area (Å²) in [5.74, 6) is 0.457. The lowest BCUT2D eigenvalue weighted by Crippen LogP contribution is -2.16. The van der Waals surface area contributed by atoms with Gasteiger partial charge >= 0.3 is 0 Å². The van der Waals surface area contributed by atoms with Crippen molar-refractivity contribution in [3.8, 4) is 0 Å². The van der Waals surface area contributed by atoms with Gasteiger partial charge in [-0.25, -0.2) is 4.98 Å². The van der Waals surface area contributed by atoms with Crippen LogP contribution in [0.4, 0.5) is 5.82 Å². The number of benzene rings is 1. The molecule has 2 aromatic heterocycles. The fourth-order valence-electron chi connectivity index (χ4n) is 2.27. The third kappa shape index (κ3) is 2.21. The van der Waals surface area contributed by atoms with Crippen LogP contribution in [0.15, 0.2) is 48.7 Å². The second kappa shape index (κ2) is 4.90. The highest BCUT2D eigenvalue weighted by atomic mass is 14.9. The number of nitrogens with two attached hydrogens (primary N) is 2. The number of para-hydroxylation sites is 1. The smallest absolute Gasteiger partial charge is 0.128 e. The van der Waals surface area contributed by atoms with Gasteiger partial charge in [-0.15, -0.1) is 0 Å². The summed E-state index contributed by atoms with van der Waals surface area (Å²) in [6.45, 7) is 1.97. The van der Waals surface area contributed by atoms with Crippen molar-refractivity contribution < 1.29 is 0 Å². The van der Waals surface area contributed by atoms with Gasteiger partial charge in [-0.1, -0.05) is 24.3 Å². The van der Waals surface area contributed by atoms with E-state index in [-0.39, 0.29) is 6.04 Å². The van der Waals surface area contributed by atoms with Crippen LogP contribution < -0.4 is 11.5 Å². The number of aromatic nitrogens is 2. The standard InChI is InChI=1S/C16H16N4/c1-10-8-12(16(18)19-9-10)15(17)14-7-6-11-4-2-3-5-13(11)20-14/h2-9,15H,17H2,1H3,(H2,18,19). The van der Waals surface area contributed by atoms with Gasteiger partial charge in [-0.05, 0) is 30.7 Å². The van der Waals surface area contributed by atoms with E-state index in [0.717, 1.165) is 27.7 Å². The summed E-state index contributed by atoms with van der Waals surface area (Å²) in [4.78, 5) is 8.77. The molecule has 3 rings (SSSR count). The molecular formula is C16H16N4. The predicted molar refractivity (Wildman–Crippen MR) is 81.2 cm³/mol. The van der Waals surface area contributed by atoms with Gasteiger partial charge in [0.25, 0.3) is 0 Å². The Morgan fingerprint density at radius 1 is 1.10 bits per heavy atom. The molecule has 4 nitrogen and oxygen atoms in total. The van der Waals surface area contributed by atoms with Crippen molar-refractivity contribution in [3.05, 3.63) is 65.5 Å². The number of hydrogen-bond acceptors (Lipinski definition) is 4. The maximum Gasteiger partial charge on any atom is 0.128 e. The lowest BCUT2D eigenvalue weighted by Gasteiger charge is -2.14. The molecule has 0 saturated heterocycles. The summed E-state index contributed by atoms with van der Waals surface area (Å²) in [5.41, 5.74) is 15.8. The fraction of sp³-hybridized carbons (Fsp3) is 0.125. The van der Waals surface area contributed by atoms with Crippen molar-refractivity contribution >= 4 is 16.7 Å². The topological polar surface area (TPSA) is 77.8 Å². The lowest BCUT2D eigenvalue weighted by atomic mass is 10.0. The Kier molecular flexibility index (Phi) is 3.08. The molecule has 0 radical (unpaired) electrons. The van der Waals surface area contributed by atoms with Gasteiger partial charge < -0.3 is 11.5 Å². The molecule has 1 aromatic carbocycles. The van der Waals surface area contributed by atoms with Gasteiger partial charge in [-0.2, -0.15) is 0 Å². The van der Waals surface area contributed by atoms with Crippen LogP contribution in [-0.4, -0.2) is 9.97 Å².